The predicted molar refractivity (Wildman–Crippen MR) is 91.1 cm³/mol. The summed E-state index contributed by atoms with van der Waals surface area (Å²) in [5.41, 5.74) is 5.76. The first-order chi connectivity index (χ1) is 11.5. The van der Waals surface area contributed by atoms with Crippen molar-refractivity contribution in [3.63, 3.8) is 0 Å². The third-order valence-electron chi connectivity index (χ3n) is 2.91. The van der Waals surface area contributed by atoms with Crippen LogP contribution in [0.4, 0.5) is 11.4 Å². The number of nitrogens with zero attached hydrogens (tertiary/aromatic N) is 1. The minimum atomic E-state index is -0.558. The molecule has 0 aliphatic heterocycles. The van der Waals surface area contributed by atoms with Crippen molar-refractivity contribution in [1.29, 1.82) is 0 Å². The molecule has 0 radical (unpaired) electrons. The van der Waals surface area contributed by atoms with E-state index >= 15 is 0 Å². The van der Waals surface area contributed by atoms with Crippen LogP contribution >= 0.6 is 15.9 Å². The maximum Gasteiger partial charge on any atom is 0.311 e. The summed E-state index contributed by atoms with van der Waals surface area (Å²) in [5, 5.41) is 10.8. The van der Waals surface area contributed by atoms with Gasteiger partial charge in [-0.15, -0.1) is 0 Å². The van der Waals surface area contributed by atoms with Gasteiger partial charge in [-0.05, 0) is 30.3 Å². The fourth-order valence-corrected chi connectivity index (χ4v) is 2.02. The molecule has 0 aromatic heterocycles. The number of nitro groups is 1. The highest BCUT2D eigenvalue weighted by molar-refractivity contribution is 9.10. The minimum Gasteiger partial charge on any atom is -0.490 e. The van der Waals surface area contributed by atoms with Gasteiger partial charge in [0.25, 0.3) is 5.91 Å². The molecule has 24 heavy (non-hydrogen) atoms. The quantitative estimate of drug-likeness (QED) is 0.551. The van der Waals surface area contributed by atoms with Gasteiger partial charge >= 0.3 is 5.69 Å². The van der Waals surface area contributed by atoms with E-state index in [-0.39, 0.29) is 23.8 Å². The van der Waals surface area contributed by atoms with E-state index in [0.29, 0.717) is 5.69 Å². The molecule has 0 fully saturated rings. The average Bonchev–Trinajstić information content (AvgIpc) is 2.59. The maximum atomic E-state index is 11.7. The summed E-state index contributed by atoms with van der Waals surface area (Å²) in [6.07, 6.45) is 0. The van der Waals surface area contributed by atoms with Gasteiger partial charge in [0.15, 0.2) is 6.61 Å². The van der Waals surface area contributed by atoms with Gasteiger partial charge < -0.3 is 9.47 Å². The van der Waals surface area contributed by atoms with Gasteiger partial charge in [-0.25, -0.2) is 0 Å². The summed E-state index contributed by atoms with van der Waals surface area (Å²) in [6, 6.07) is 11.2. The van der Waals surface area contributed by atoms with Gasteiger partial charge in [0, 0.05) is 16.6 Å². The molecular weight excluding hydrogens is 382 g/mol. The molecule has 0 unspecified atom stereocenters. The fraction of sp³-hybridized carbons (Fsp3) is 0.133. The van der Waals surface area contributed by atoms with E-state index in [2.05, 4.69) is 26.8 Å². The molecule has 2 aromatic rings. The lowest BCUT2D eigenvalue weighted by Gasteiger charge is -2.10. The summed E-state index contributed by atoms with van der Waals surface area (Å²) in [7, 11) is 1.32. The average molecular weight is 396 g/mol. The number of hydrogen-bond donors (Lipinski definition) is 2. The number of nitrogens with one attached hydrogen (secondary N) is 2. The van der Waals surface area contributed by atoms with Crippen LogP contribution in [0.3, 0.4) is 0 Å². The van der Waals surface area contributed by atoms with Crippen LogP contribution in [0.25, 0.3) is 0 Å². The lowest BCUT2D eigenvalue weighted by molar-refractivity contribution is -0.385. The number of benzene rings is 2. The third kappa shape index (κ3) is 4.85. The number of ether oxygens (including phenoxy) is 2. The van der Waals surface area contributed by atoms with Gasteiger partial charge in [0.1, 0.15) is 5.75 Å². The summed E-state index contributed by atoms with van der Waals surface area (Å²) in [5.74, 6) is -0.0580. The Kier molecular flexibility index (Phi) is 5.96. The number of halogens is 1. The van der Waals surface area contributed by atoms with Gasteiger partial charge in [0.05, 0.1) is 17.7 Å². The van der Waals surface area contributed by atoms with Gasteiger partial charge in [0.2, 0.25) is 5.75 Å². The zero-order valence-electron chi connectivity index (χ0n) is 12.6. The first-order valence-electron chi connectivity index (χ1n) is 6.75. The molecule has 8 nitrogen and oxygen atoms in total. The third-order valence-corrected chi connectivity index (χ3v) is 3.44. The number of hydrazine groups is 1. The molecule has 0 saturated heterocycles. The van der Waals surface area contributed by atoms with E-state index in [4.69, 9.17) is 9.47 Å². The first kappa shape index (κ1) is 17.5. The van der Waals surface area contributed by atoms with E-state index in [1.54, 1.807) is 12.1 Å². The molecule has 2 rings (SSSR count). The highest BCUT2D eigenvalue weighted by Crippen LogP contribution is 2.30. The van der Waals surface area contributed by atoms with Crippen LogP contribution in [0.5, 0.6) is 11.5 Å². The molecule has 0 aliphatic rings. The molecule has 0 aliphatic carbocycles. The van der Waals surface area contributed by atoms with E-state index in [1.165, 1.54) is 25.3 Å². The van der Waals surface area contributed by atoms with Crippen LogP contribution < -0.4 is 20.3 Å². The van der Waals surface area contributed by atoms with Crippen LogP contribution in [0, 0.1) is 10.1 Å². The molecule has 0 bridgehead atoms. The van der Waals surface area contributed by atoms with Crippen molar-refractivity contribution in [3.8, 4) is 11.5 Å². The topological polar surface area (TPSA) is 103 Å². The van der Waals surface area contributed by atoms with Crippen molar-refractivity contribution in [1.82, 2.24) is 5.43 Å². The Bertz CT molecular complexity index is 736. The van der Waals surface area contributed by atoms with Crippen LogP contribution in [-0.2, 0) is 4.79 Å². The van der Waals surface area contributed by atoms with Crippen LogP contribution in [0.1, 0.15) is 0 Å². The second kappa shape index (κ2) is 8.16. The summed E-state index contributed by atoms with van der Waals surface area (Å²) in [4.78, 5) is 22.0. The lowest BCUT2D eigenvalue weighted by atomic mass is 10.3. The Hall–Kier alpha value is -2.81. The first-order valence-corrected chi connectivity index (χ1v) is 7.54. The highest BCUT2D eigenvalue weighted by Gasteiger charge is 2.15. The molecule has 126 valence electrons. The monoisotopic (exact) mass is 395 g/mol. The van der Waals surface area contributed by atoms with Crippen molar-refractivity contribution in [2.24, 2.45) is 0 Å². The number of carbonyl (C=O) groups excluding carboxylic acids is 1. The number of hydrogen-bond acceptors (Lipinski definition) is 6. The van der Waals surface area contributed by atoms with Crippen LogP contribution in [-0.4, -0.2) is 24.5 Å². The number of rotatable bonds is 7. The standard InChI is InChI=1S/C15H14BrN3O5/c1-23-14-8-12(6-7-13(14)19(21)22)24-9-15(20)18-17-11-4-2-10(16)3-5-11/h2-8,17H,9H2,1H3,(H,18,20). The van der Waals surface area contributed by atoms with Crippen LogP contribution in [0.15, 0.2) is 46.9 Å². The molecular formula is C15H14BrN3O5. The van der Waals surface area contributed by atoms with E-state index < -0.39 is 10.8 Å². The Balaban J connectivity index is 1.87. The Morgan fingerprint density at radius 3 is 2.58 bits per heavy atom. The summed E-state index contributed by atoms with van der Waals surface area (Å²) < 4.78 is 11.1. The molecule has 0 atom stereocenters. The van der Waals surface area contributed by atoms with Crippen molar-refractivity contribution in [3.05, 3.63) is 57.1 Å². The van der Waals surface area contributed by atoms with E-state index in [9.17, 15) is 14.9 Å². The van der Waals surface area contributed by atoms with Gasteiger partial charge in [-0.1, -0.05) is 15.9 Å². The second-order valence-electron chi connectivity index (χ2n) is 4.56. The van der Waals surface area contributed by atoms with E-state index in [0.717, 1.165) is 4.47 Å². The van der Waals surface area contributed by atoms with E-state index in [1.807, 2.05) is 12.1 Å². The lowest BCUT2D eigenvalue weighted by Crippen LogP contribution is -2.33. The van der Waals surface area contributed by atoms with Crippen LogP contribution in [0.2, 0.25) is 0 Å². The van der Waals surface area contributed by atoms with Crippen molar-refractivity contribution in [2.45, 2.75) is 0 Å². The Morgan fingerprint density at radius 2 is 1.96 bits per heavy atom. The number of carbonyl (C=O) groups is 1. The number of nitro benzene ring substituents is 1. The number of methoxy groups -OCH3 is 1. The zero-order chi connectivity index (χ0) is 17.5. The molecule has 0 heterocycles. The molecule has 0 spiro atoms. The SMILES string of the molecule is COc1cc(OCC(=O)NNc2ccc(Br)cc2)ccc1[N+](=O)[O-]. The highest BCUT2D eigenvalue weighted by atomic mass is 79.9. The van der Waals surface area contributed by atoms with Crippen molar-refractivity contribution in [2.75, 3.05) is 19.1 Å². The minimum absolute atomic E-state index is 0.0610. The van der Waals surface area contributed by atoms with Gasteiger partial charge in [-0.3, -0.25) is 25.8 Å². The number of amides is 1. The van der Waals surface area contributed by atoms with Crippen molar-refractivity contribution >= 4 is 33.2 Å². The molecule has 0 saturated carbocycles. The fourth-order valence-electron chi connectivity index (χ4n) is 1.76. The largest absolute Gasteiger partial charge is 0.490 e. The van der Waals surface area contributed by atoms with Crippen molar-refractivity contribution < 1.29 is 19.2 Å². The maximum absolute atomic E-state index is 11.7. The normalized spacial score (nSPS) is 9.92. The summed E-state index contributed by atoms with van der Waals surface area (Å²) in [6.45, 7) is -0.259. The summed E-state index contributed by atoms with van der Waals surface area (Å²) >= 11 is 3.31. The molecule has 2 aromatic carbocycles. The molecule has 2 N–H and O–H groups in total. The molecule has 1 amide bonds. The zero-order valence-corrected chi connectivity index (χ0v) is 14.2. The predicted octanol–water partition coefficient (Wildman–Crippen LogP) is 2.89. The second-order valence-corrected chi connectivity index (χ2v) is 5.48. The molecule has 9 heteroatoms. The Morgan fingerprint density at radius 1 is 1.25 bits per heavy atom. The number of anilines is 1. The smallest absolute Gasteiger partial charge is 0.311 e. The van der Waals surface area contributed by atoms with Gasteiger partial charge in [-0.2, -0.15) is 0 Å². The Labute approximate surface area is 146 Å².